The predicted octanol–water partition coefficient (Wildman–Crippen LogP) is 4.66. The fraction of sp³-hybridized carbons (Fsp3) is 0.344. The maximum absolute atomic E-state index is 14.0. The van der Waals surface area contributed by atoms with Gasteiger partial charge in [0.25, 0.3) is 0 Å². The van der Waals surface area contributed by atoms with Gasteiger partial charge in [-0.2, -0.15) is 0 Å². The average Bonchev–Trinajstić information content (AvgIpc) is 3.69. The number of aromatic nitrogens is 1. The van der Waals surface area contributed by atoms with Crippen molar-refractivity contribution in [1.82, 2.24) is 20.1 Å². The minimum absolute atomic E-state index is 0.0333. The first-order valence-electron chi connectivity index (χ1n) is 14.8. The average molecular weight is 667 g/mol. The van der Waals surface area contributed by atoms with Gasteiger partial charge in [0.2, 0.25) is 0 Å². The lowest BCUT2D eigenvalue weighted by Crippen LogP contribution is -2.53. The Hall–Kier alpha value is -4.33. The number of piperazine rings is 1. The zero-order chi connectivity index (χ0) is 32.5. The first-order chi connectivity index (χ1) is 22.1. The molecule has 4 heterocycles. The number of esters is 1. The van der Waals surface area contributed by atoms with Crippen molar-refractivity contribution in [2.75, 3.05) is 44.7 Å². The molecule has 3 aromatic rings. The summed E-state index contributed by atoms with van der Waals surface area (Å²) in [6.45, 7) is 4.29. The molecule has 6 rings (SSSR count). The zero-order valence-electron chi connectivity index (χ0n) is 25.2. The third-order valence-corrected chi connectivity index (χ3v) is 9.60. The van der Waals surface area contributed by atoms with Crippen LogP contribution in [0.1, 0.15) is 41.4 Å². The van der Waals surface area contributed by atoms with E-state index >= 15 is 0 Å². The summed E-state index contributed by atoms with van der Waals surface area (Å²) in [4.78, 5) is 52.8. The summed E-state index contributed by atoms with van der Waals surface area (Å²) in [5, 5.41) is 15.0. The van der Waals surface area contributed by atoms with Crippen molar-refractivity contribution in [2.24, 2.45) is 4.99 Å². The summed E-state index contributed by atoms with van der Waals surface area (Å²) in [6.07, 6.45) is 1.70. The van der Waals surface area contributed by atoms with E-state index in [4.69, 9.17) is 26.4 Å². The molecule has 46 heavy (non-hydrogen) atoms. The van der Waals surface area contributed by atoms with E-state index in [0.717, 1.165) is 11.3 Å². The highest BCUT2D eigenvalue weighted by atomic mass is 35.5. The number of benzene rings is 2. The number of carbonyl (C=O) groups excluding carboxylic acids is 2. The van der Waals surface area contributed by atoms with Crippen molar-refractivity contribution in [3.8, 4) is 0 Å². The number of nitrogens with zero attached hydrogens (tertiary/aromatic N) is 5. The third-order valence-electron chi connectivity index (χ3n) is 8.50. The van der Waals surface area contributed by atoms with E-state index in [-0.39, 0.29) is 35.0 Å². The summed E-state index contributed by atoms with van der Waals surface area (Å²) in [7, 11) is 1.30. The maximum Gasteiger partial charge on any atom is 0.338 e. The Morgan fingerprint density at radius 3 is 2.65 bits per heavy atom. The van der Waals surface area contributed by atoms with Crippen LogP contribution in [0.5, 0.6) is 0 Å². The second kappa shape index (κ2) is 13.2. The Labute approximate surface area is 273 Å². The lowest BCUT2D eigenvalue weighted by atomic mass is 9.95. The molecule has 3 aliphatic rings. The second-order valence-corrected chi connectivity index (χ2v) is 12.8. The number of anilines is 1. The number of rotatable bonds is 9. The summed E-state index contributed by atoms with van der Waals surface area (Å²) in [6, 6.07) is 10.4. The molecule has 3 aliphatic heterocycles. The molecule has 0 aliphatic carbocycles. The number of aliphatic imine (C=N–C) groups is 1. The largest absolute Gasteiger partial charge is 0.481 e. The number of methoxy groups -OCH3 is 1. The molecule has 1 aromatic heterocycles. The van der Waals surface area contributed by atoms with Gasteiger partial charge in [-0.3, -0.25) is 19.6 Å². The Morgan fingerprint density at radius 1 is 1.20 bits per heavy atom. The van der Waals surface area contributed by atoms with Crippen molar-refractivity contribution in [2.45, 2.75) is 31.3 Å². The Morgan fingerprint density at radius 2 is 1.98 bits per heavy atom. The molecule has 2 aromatic carbocycles. The number of ether oxygens (including phenoxy) is 1. The Bertz CT molecular complexity index is 1720. The summed E-state index contributed by atoms with van der Waals surface area (Å²) in [5.74, 6) is -1.62. The molecule has 0 bridgehead atoms. The smallest absolute Gasteiger partial charge is 0.338 e. The van der Waals surface area contributed by atoms with Crippen LogP contribution >= 0.6 is 22.9 Å². The minimum atomic E-state index is -0.860. The van der Waals surface area contributed by atoms with Crippen LogP contribution in [-0.2, 0) is 14.3 Å². The molecule has 14 heteroatoms. The number of nitrogens with one attached hydrogen (secondary N) is 1. The third kappa shape index (κ3) is 6.35. The second-order valence-electron chi connectivity index (χ2n) is 11.5. The van der Waals surface area contributed by atoms with E-state index in [1.54, 1.807) is 11.1 Å². The van der Waals surface area contributed by atoms with E-state index in [2.05, 4.69) is 15.2 Å². The van der Waals surface area contributed by atoms with Gasteiger partial charge in [0, 0.05) is 66.3 Å². The number of halogens is 2. The molecular weight excluding hydrogens is 635 g/mol. The van der Waals surface area contributed by atoms with Crippen LogP contribution in [0.3, 0.4) is 0 Å². The number of carboxylic acid groups (broad SMARTS) is 1. The highest BCUT2D eigenvalue weighted by Crippen LogP contribution is 2.37. The van der Waals surface area contributed by atoms with Gasteiger partial charge >= 0.3 is 18.0 Å². The highest BCUT2D eigenvalue weighted by Gasteiger charge is 2.42. The molecule has 2 amide bonds. The van der Waals surface area contributed by atoms with Crippen molar-refractivity contribution in [1.29, 1.82) is 0 Å². The van der Waals surface area contributed by atoms with Crippen LogP contribution in [-0.4, -0.2) is 89.6 Å². The molecule has 0 radical (unpaired) electrons. The normalized spacial score (nSPS) is 20.7. The quantitative estimate of drug-likeness (QED) is 0.316. The van der Waals surface area contributed by atoms with Gasteiger partial charge in [0.15, 0.2) is 10.8 Å². The van der Waals surface area contributed by atoms with Crippen LogP contribution in [0.2, 0.25) is 5.02 Å². The number of hydrogen-bond donors (Lipinski definition) is 2. The van der Waals surface area contributed by atoms with Crippen LogP contribution in [0, 0.1) is 5.82 Å². The van der Waals surface area contributed by atoms with E-state index < -0.39 is 23.8 Å². The van der Waals surface area contributed by atoms with Gasteiger partial charge in [0.1, 0.15) is 11.9 Å². The standard InChI is InChI=1S/C32H32ClFN6O5S/c1-18(13-26(41)42)19-3-6-21(7-4-19)40-16-22-15-38(10-11-39(22)32(40)44)17-25-27(31(43)45-2)28(23-8-5-20(34)14-24(23)33)37-29(36-25)30-35-9-12-46-30/h3-9,12,14,18,22,28H,10-11,13,15-17H2,1-2H3,(H,36,37)(H,41,42)/t18-,22-,28?/m0/s1. The fourth-order valence-corrected chi connectivity index (χ4v) is 7.04. The van der Waals surface area contributed by atoms with Gasteiger partial charge in [0.05, 0.1) is 25.1 Å². The minimum Gasteiger partial charge on any atom is -0.481 e. The lowest BCUT2D eigenvalue weighted by Gasteiger charge is -2.38. The molecule has 2 saturated heterocycles. The number of amides is 2. The number of thiazole rings is 1. The number of carbonyl (C=O) groups is 3. The van der Waals surface area contributed by atoms with Crippen LogP contribution in [0.15, 0.2) is 70.3 Å². The van der Waals surface area contributed by atoms with E-state index in [1.807, 2.05) is 41.5 Å². The first-order valence-corrected chi connectivity index (χ1v) is 16.0. The summed E-state index contributed by atoms with van der Waals surface area (Å²) in [5.41, 5.74) is 2.95. The maximum atomic E-state index is 14.0. The highest BCUT2D eigenvalue weighted by molar-refractivity contribution is 7.11. The van der Waals surface area contributed by atoms with Crippen LogP contribution in [0.25, 0.3) is 0 Å². The van der Waals surface area contributed by atoms with Gasteiger partial charge in [-0.05, 0) is 35.7 Å². The Kier molecular flexibility index (Phi) is 9.07. The lowest BCUT2D eigenvalue weighted by molar-refractivity contribution is -0.138. The van der Waals surface area contributed by atoms with Gasteiger partial charge in [-0.15, -0.1) is 11.3 Å². The monoisotopic (exact) mass is 666 g/mol. The predicted molar refractivity (Wildman–Crippen MR) is 172 cm³/mol. The number of aliphatic carboxylic acids is 1. The zero-order valence-corrected chi connectivity index (χ0v) is 26.7. The number of urea groups is 1. The SMILES string of the molecule is COC(=O)C1=C(CN2CCN3C(=O)N(c4ccc([C@@H](C)CC(=O)O)cc4)C[C@@H]3C2)NC(c2nccs2)=NC1c1ccc(F)cc1Cl. The number of amidine groups is 1. The fourth-order valence-electron chi connectivity index (χ4n) is 6.19. The van der Waals surface area contributed by atoms with Crippen LogP contribution < -0.4 is 10.2 Å². The van der Waals surface area contributed by atoms with Gasteiger partial charge in [-0.25, -0.2) is 19.0 Å². The first kappa shape index (κ1) is 31.6. The molecule has 11 nitrogen and oxygen atoms in total. The van der Waals surface area contributed by atoms with Crippen molar-refractivity contribution < 1.29 is 28.6 Å². The van der Waals surface area contributed by atoms with E-state index in [9.17, 15) is 18.8 Å². The number of hydrogen-bond acceptors (Lipinski definition) is 9. The van der Waals surface area contributed by atoms with Gasteiger partial charge in [-0.1, -0.05) is 36.7 Å². The Balaban J connectivity index is 1.24. The molecular formula is C32H32ClFN6O5S. The molecule has 2 N–H and O–H groups in total. The number of carboxylic acids is 1. The van der Waals surface area contributed by atoms with E-state index in [1.165, 1.54) is 36.6 Å². The van der Waals surface area contributed by atoms with Crippen LogP contribution in [0.4, 0.5) is 14.9 Å². The topological polar surface area (TPSA) is 128 Å². The van der Waals surface area contributed by atoms with E-state index in [0.29, 0.717) is 54.8 Å². The molecule has 1 unspecified atom stereocenters. The molecule has 0 spiro atoms. The molecule has 0 saturated carbocycles. The summed E-state index contributed by atoms with van der Waals surface area (Å²) < 4.78 is 19.2. The summed E-state index contributed by atoms with van der Waals surface area (Å²) >= 11 is 7.86. The molecule has 3 atom stereocenters. The van der Waals surface area contributed by atoms with Crippen molar-refractivity contribution in [3.63, 3.8) is 0 Å². The number of fused-ring (bicyclic) bond motifs is 1. The van der Waals surface area contributed by atoms with Crippen molar-refractivity contribution >= 4 is 52.4 Å². The molecule has 240 valence electrons. The van der Waals surface area contributed by atoms with Gasteiger partial charge < -0.3 is 20.1 Å². The molecule has 2 fully saturated rings. The van der Waals surface area contributed by atoms with Crippen molar-refractivity contribution in [3.05, 3.63) is 92.3 Å².